The molecule has 2 nitrogen and oxygen atoms in total. The maximum atomic E-state index is 13.2. The highest BCUT2D eigenvalue weighted by Gasteiger charge is 2.17. The Bertz CT molecular complexity index is 338. The zero-order valence-corrected chi connectivity index (χ0v) is 8.10. The first-order chi connectivity index (χ1) is 6.04. The molecule has 0 aliphatic carbocycles. The van der Waals surface area contributed by atoms with E-state index in [9.17, 15) is 9.18 Å². The lowest BCUT2D eigenvalue weighted by Crippen LogP contribution is -2.10. The van der Waals surface area contributed by atoms with Gasteiger partial charge in [-0.2, -0.15) is 0 Å². The van der Waals surface area contributed by atoms with Crippen LogP contribution in [0.25, 0.3) is 0 Å². The van der Waals surface area contributed by atoms with E-state index in [2.05, 4.69) is 4.98 Å². The highest BCUT2D eigenvalue weighted by Crippen LogP contribution is 2.17. The van der Waals surface area contributed by atoms with Crippen molar-refractivity contribution in [1.82, 2.24) is 4.98 Å². The molecule has 0 bridgehead atoms. The lowest BCUT2D eigenvalue weighted by molar-refractivity contribution is 0.0935. The van der Waals surface area contributed by atoms with Crippen LogP contribution in [0, 0.1) is 11.7 Å². The van der Waals surface area contributed by atoms with Crippen molar-refractivity contribution < 1.29 is 9.18 Å². The Morgan fingerprint density at radius 2 is 2.23 bits per heavy atom. The van der Waals surface area contributed by atoms with Crippen LogP contribution < -0.4 is 0 Å². The van der Waals surface area contributed by atoms with E-state index in [1.54, 1.807) is 13.8 Å². The van der Waals surface area contributed by atoms with Crippen LogP contribution >= 0.6 is 11.6 Å². The fourth-order valence-electron chi connectivity index (χ4n) is 0.920. The van der Waals surface area contributed by atoms with Gasteiger partial charge in [-0.05, 0) is 6.07 Å². The van der Waals surface area contributed by atoms with Gasteiger partial charge in [0.25, 0.3) is 0 Å². The number of halogens is 2. The molecule has 0 saturated heterocycles. The van der Waals surface area contributed by atoms with Gasteiger partial charge in [-0.3, -0.25) is 4.79 Å². The van der Waals surface area contributed by atoms with Gasteiger partial charge in [0.1, 0.15) is 0 Å². The number of nitrogens with zero attached hydrogens (tertiary/aromatic N) is 1. The molecule has 0 N–H and O–H groups in total. The number of hydrogen-bond acceptors (Lipinski definition) is 2. The van der Waals surface area contributed by atoms with Crippen LogP contribution in [0.3, 0.4) is 0 Å². The van der Waals surface area contributed by atoms with Gasteiger partial charge in [0.15, 0.2) is 16.8 Å². The first-order valence-corrected chi connectivity index (χ1v) is 4.26. The number of carbonyl (C=O) groups excluding carboxylic acids is 1. The summed E-state index contributed by atoms with van der Waals surface area (Å²) in [6.45, 7) is 3.41. The first-order valence-electron chi connectivity index (χ1n) is 3.88. The molecule has 1 aromatic rings. The fourth-order valence-corrected chi connectivity index (χ4v) is 1.08. The molecule has 0 spiro atoms. The minimum atomic E-state index is -0.733. The van der Waals surface area contributed by atoms with E-state index in [1.807, 2.05) is 0 Å². The Morgan fingerprint density at radius 1 is 1.62 bits per heavy atom. The van der Waals surface area contributed by atoms with Crippen molar-refractivity contribution in [3.63, 3.8) is 0 Å². The molecule has 1 heterocycles. The van der Waals surface area contributed by atoms with Gasteiger partial charge in [0, 0.05) is 12.1 Å². The van der Waals surface area contributed by atoms with E-state index in [1.165, 1.54) is 12.3 Å². The minimum absolute atomic E-state index is 0.00926. The summed E-state index contributed by atoms with van der Waals surface area (Å²) in [5, 5.41) is -0.258. The molecular formula is C9H9ClFNO. The average Bonchev–Trinajstić information content (AvgIpc) is 2.08. The summed E-state index contributed by atoms with van der Waals surface area (Å²) in [6.07, 6.45) is 1.32. The molecule has 1 rings (SSSR count). The van der Waals surface area contributed by atoms with Gasteiger partial charge < -0.3 is 0 Å². The second-order valence-electron chi connectivity index (χ2n) is 2.98. The third kappa shape index (κ3) is 2.04. The monoisotopic (exact) mass is 201 g/mol. The summed E-state index contributed by atoms with van der Waals surface area (Å²) in [6, 6.07) is 1.34. The topological polar surface area (TPSA) is 30.0 Å². The number of aromatic nitrogens is 1. The number of carbonyl (C=O) groups is 1. The van der Waals surface area contributed by atoms with Crippen molar-refractivity contribution in [3.8, 4) is 0 Å². The van der Waals surface area contributed by atoms with Crippen molar-refractivity contribution in [3.05, 3.63) is 28.8 Å². The van der Waals surface area contributed by atoms with E-state index in [0.717, 1.165) is 0 Å². The quantitative estimate of drug-likeness (QED) is 0.544. The Kier molecular flexibility index (Phi) is 2.98. The predicted octanol–water partition coefficient (Wildman–Crippen LogP) is 2.71. The molecule has 0 aromatic carbocycles. The molecule has 0 amide bonds. The zero-order chi connectivity index (χ0) is 10.0. The van der Waals surface area contributed by atoms with Crippen LogP contribution in [0.5, 0.6) is 0 Å². The van der Waals surface area contributed by atoms with Gasteiger partial charge >= 0.3 is 0 Å². The molecular weight excluding hydrogens is 193 g/mol. The van der Waals surface area contributed by atoms with Crippen LogP contribution in [0.2, 0.25) is 5.15 Å². The molecule has 0 atom stereocenters. The summed E-state index contributed by atoms with van der Waals surface area (Å²) >= 11 is 5.42. The van der Waals surface area contributed by atoms with E-state index in [0.29, 0.717) is 0 Å². The SMILES string of the molecule is CC(C)C(=O)c1ccnc(Cl)c1F. The number of Topliss-reactive ketones (excluding diaryl/α,β-unsaturated/α-hetero) is 1. The van der Waals surface area contributed by atoms with Crippen molar-refractivity contribution in [1.29, 1.82) is 0 Å². The fraction of sp³-hybridized carbons (Fsp3) is 0.333. The maximum absolute atomic E-state index is 13.2. The van der Waals surface area contributed by atoms with Crippen molar-refractivity contribution in [2.45, 2.75) is 13.8 Å². The van der Waals surface area contributed by atoms with E-state index < -0.39 is 5.82 Å². The summed E-state index contributed by atoms with van der Waals surface area (Å²) in [4.78, 5) is 14.9. The van der Waals surface area contributed by atoms with E-state index in [4.69, 9.17) is 11.6 Å². The zero-order valence-electron chi connectivity index (χ0n) is 7.34. The maximum Gasteiger partial charge on any atom is 0.171 e. The second-order valence-corrected chi connectivity index (χ2v) is 3.34. The Morgan fingerprint density at radius 3 is 2.77 bits per heavy atom. The molecule has 4 heteroatoms. The molecule has 1 aromatic heterocycles. The van der Waals surface area contributed by atoms with E-state index in [-0.39, 0.29) is 22.4 Å². The largest absolute Gasteiger partial charge is 0.294 e. The number of hydrogen-bond donors (Lipinski definition) is 0. The van der Waals surface area contributed by atoms with Crippen LogP contribution in [-0.4, -0.2) is 10.8 Å². The number of rotatable bonds is 2. The Labute approximate surface area is 80.7 Å². The molecule has 0 saturated carbocycles. The highest BCUT2D eigenvalue weighted by atomic mass is 35.5. The van der Waals surface area contributed by atoms with Gasteiger partial charge in [0.2, 0.25) is 0 Å². The third-order valence-electron chi connectivity index (χ3n) is 1.64. The van der Waals surface area contributed by atoms with Gasteiger partial charge in [0.05, 0.1) is 5.56 Å². The molecule has 0 aliphatic rings. The van der Waals surface area contributed by atoms with E-state index >= 15 is 0 Å². The Hall–Kier alpha value is -0.960. The smallest absolute Gasteiger partial charge is 0.171 e. The van der Waals surface area contributed by atoms with Crippen molar-refractivity contribution in [2.24, 2.45) is 5.92 Å². The van der Waals surface area contributed by atoms with Gasteiger partial charge in [-0.1, -0.05) is 25.4 Å². The molecule has 0 fully saturated rings. The molecule has 0 aliphatic heterocycles. The molecule has 13 heavy (non-hydrogen) atoms. The normalized spacial score (nSPS) is 10.5. The lowest BCUT2D eigenvalue weighted by atomic mass is 10.0. The summed E-state index contributed by atoms with van der Waals surface area (Å²) in [7, 11) is 0. The Balaban J connectivity index is 3.15. The number of pyridine rings is 1. The summed E-state index contributed by atoms with van der Waals surface area (Å²) in [5.74, 6) is -1.24. The average molecular weight is 202 g/mol. The highest BCUT2D eigenvalue weighted by molar-refractivity contribution is 6.29. The molecule has 0 unspecified atom stereocenters. The lowest BCUT2D eigenvalue weighted by Gasteiger charge is -2.05. The van der Waals surface area contributed by atoms with Gasteiger partial charge in [-0.15, -0.1) is 0 Å². The van der Waals surface area contributed by atoms with Gasteiger partial charge in [-0.25, -0.2) is 9.37 Å². The van der Waals surface area contributed by atoms with Crippen molar-refractivity contribution in [2.75, 3.05) is 0 Å². The second kappa shape index (κ2) is 3.83. The summed E-state index contributed by atoms with van der Waals surface area (Å²) < 4.78 is 13.2. The van der Waals surface area contributed by atoms with Crippen LogP contribution in [0.1, 0.15) is 24.2 Å². The first kappa shape index (κ1) is 10.1. The molecule has 0 radical (unpaired) electrons. The standard InChI is InChI=1S/C9H9ClFNO/c1-5(2)8(13)6-3-4-12-9(10)7(6)11/h3-5H,1-2H3. The predicted molar refractivity (Wildman–Crippen MR) is 48.4 cm³/mol. The number of ketones is 1. The van der Waals surface area contributed by atoms with Crippen LogP contribution in [0.15, 0.2) is 12.3 Å². The van der Waals surface area contributed by atoms with Crippen LogP contribution in [-0.2, 0) is 0 Å². The minimum Gasteiger partial charge on any atom is -0.294 e. The third-order valence-corrected chi connectivity index (χ3v) is 1.90. The summed E-state index contributed by atoms with van der Waals surface area (Å²) in [5.41, 5.74) is 0.00926. The van der Waals surface area contributed by atoms with Crippen LogP contribution in [0.4, 0.5) is 4.39 Å². The molecule has 70 valence electrons. The van der Waals surface area contributed by atoms with Crippen molar-refractivity contribution >= 4 is 17.4 Å².